The van der Waals surface area contributed by atoms with Crippen molar-refractivity contribution in [1.82, 2.24) is 16.0 Å². The molecule has 7 N–H and O–H groups in total. The van der Waals surface area contributed by atoms with Crippen molar-refractivity contribution in [3.05, 3.63) is 0 Å². The number of aliphatic hydroxyl groups is 1. The summed E-state index contributed by atoms with van der Waals surface area (Å²) < 4.78 is 0. The molecule has 4 rings (SSSR count). The summed E-state index contributed by atoms with van der Waals surface area (Å²) in [5.74, 6) is 2.68. The molecule has 0 aromatic carbocycles. The van der Waals surface area contributed by atoms with Gasteiger partial charge in [0.1, 0.15) is 0 Å². The third-order valence-electron chi connectivity index (χ3n) is 12.7. The first kappa shape index (κ1) is 33.2. The minimum atomic E-state index is -0.669. The summed E-state index contributed by atoms with van der Waals surface area (Å²) in [6, 6.07) is 0.594. The van der Waals surface area contributed by atoms with Crippen LogP contribution in [-0.2, 0) is 4.79 Å². The molecule has 10 atom stereocenters. The first-order valence-electron chi connectivity index (χ1n) is 17.5. The van der Waals surface area contributed by atoms with E-state index in [-0.39, 0.29) is 17.9 Å². The van der Waals surface area contributed by atoms with E-state index in [1.807, 2.05) is 0 Å². The summed E-state index contributed by atoms with van der Waals surface area (Å²) in [7, 11) is 0. The topological polar surface area (TPSA) is 120 Å². The standard InChI is InChI=1S/C34H64N4O3/c1-24(8-11-31(40)41)27-9-10-28-32-29(13-15-34(27,28)3)33(2)14-12-26(22-25(33)23-30(32)39)38-21-7-20-37-18-5-4-17-36-19-6-16-35/h24-30,32,36-39H,4-23,35H2,1-3H3,(H,40,41)/t24?,25?,26?,27?,28?,29?,30-,32?,33?,34?/m1/s1. The Bertz CT molecular complexity index is 813. The fourth-order valence-electron chi connectivity index (χ4n) is 10.4. The molecule has 0 spiro atoms. The van der Waals surface area contributed by atoms with Crippen LogP contribution in [0.2, 0.25) is 0 Å². The molecule has 0 heterocycles. The monoisotopic (exact) mass is 576 g/mol. The Morgan fingerprint density at radius 3 is 2.24 bits per heavy atom. The van der Waals surface area contributed by atoms with Crippen LogP contribution in [0.4, 0.5) is 0 Å². The van der Waals surface area contributed by atoms with E-state index in [1.165, 1.54) is 64.2 Å². The number of carbonyl (C=O) groups is 1. The Labute approximate surface area is 250 Å². The first-order valence-corrected chi connectivity index (χ1v) is 17.5. The van der Waals surface area contributed by atoms with Gasteiger partial charge in [-0.25, -0.2) is 0 Å². The first-order chi connectivity index (χ1) is 19.7. The van der Waals surface area contributed by atoms with Gasteiger partial charge in [0.05, 0.1) is 6.10 Å². The van der Waals surface area contributed by atoms with Crippen molar-refractivity contribution < 1.29 is 15.0 Å². The van der Waals surface area contributed by atoms with Crippen LogP contribution in [0.25, 0.3) is 0 Å². The van der Waals surface area contributed by atoms with Crippen molar-refractivity contribution in [2.24, 2.45) is 52.1 Å². The molecule has 0 aliphatic heterocycles. The van der Waals surface area contributed by atoms with Crippen molar-refractivity contribution in [3.8, 4) is 0 Å². The maximum atomic E-state index is 11.7. The maximum Gasteiger partial charge on any atom is 0.303 e. The summed E-state index contributed by atoms with van der Waals surface area (Å²) in [6.45, 7) is 13.5. The number of nitrogens with one attached hydrogen (secondary N) is 3. The number of nitrogens with two attached hydrogens (primary N) is 1. The molecule has 0 saturated heterocycles. The second kappa shape index (κ2) is 15.3. The Morgan fingerprint density at radius 2 is 1.54 bits per heavy atom. The van der Waals surface area contributed by atoms with Crippen LogP contribution < -0.4 is 21.7 Å². The quantitative estimate of drug-likeness (QED) is 0.138. The van der Waals surface area contributed by atoms with Crippen LogP contribution in [0.5, 0.6) is 0 Å². The van der Waals surface area contributed by atoms with Gasteiger partial charge in [-0.15, -0.1) is 0 Å². The highest BCUT2D eigenvalue weighted by Gasteiger charge is 2.62. The molecule has 0 aromatic heterocycles. The highest BCUT2D eigenvalue weighted by Crippen LogP contribution is 2.68. The summed E-state index contributed by atoms with van der Waals surface area (Å²) in [4.78, 5) is 11.2. The van der Waals surface area contributed by atoms with E-state index < -0.39 is 5.97 Å². The number of unbranched alkanes of at least 4 members (excludes halogenated alkanes) is 1. The van der Waals surface area contributed by atoms with Crippen LogP contribution in [-0.4, -0.2) is 67.6 Å². The fourth-order valence-corrected chi connectivity index (χ4v) is 10.4. The van der Waals surface area contributed by atoms with Crippen molar-refractivity contribution in [2.45, 2.75) is 123 Å². The predicted molar refractivity (Wildman–Crippen MR) is 168 cm³/mol. The minimum absolute atomic E-state index is 0.172. The van der Waals surface area contributed by atoms with E-state index in [1.54, 1.807) is 0 Å². The Morgan fingerprint density at radius 1 is 0.878 bits per heavy atom. The average Bonchev–Trinajstić information content (AvgIpc) is 3.30. The minimum Gasteiger partial charge on any atom is -0.481 e. The number of fused-ring (bicyclic) bond motifs is 5. The lowest BCUT2D eigenvalue weighted by atomic mass is 9.43. The fraction of sp³-hybridized carbons (Fsp3) is 0.971. The highest BCUT2D eigenvalue weighted by atomic mass is 16.4. The zero-order valence-corrected chi connectivity index (χ0v) is 26.6. The molecule has 0 amide bonds. The van der Waals surface area contributed by atoms with Crippen LogP contribution in [0, 0.1) is 46.3 Å². The predicted octanol–water partition coefficient (Wildman–Crippen LogP) is 4.77. The third-order valence-corrected chi connectivity index (χ3v) is 12.7. The van der Waals surface area contributed by atoms with E-state index in [0.29, 0.717) is 47.0 Å². The van der Waals surface area contributed by atoms with Gasteiger partial charge in [-0.3, -0.25) is 4.79 Å². The van der Waals surface area contributed by atoms with Crippen LogP contribution in [0.15, 0.2) is 0 Å². The normalized spacial score (nSPS) is 39.1. The largest absolute Gasteiger partial charge is 0.481 e. The van der Waals surface area contributed by atoms with E-state index >= 15 is 0 Å². The van der Waals surface area contributed by atoms with Crippen LogP contribution in [0.3, 0.4) is 0 Å². The average molecular weight is 577 g/mol. The lowest BCUT2D eigenvalue weighted by Gasteiger charge is -2.62. The second-order valence-electron chi connectivity index (χ2n) is 15.1. The van der Waals surface area contributed by atoms with Gasteiger partial charge in [-0.05, 0) is 169 Å². The van der Waals surface area contributed by atoms with Crippen molar-refractivity contribution in [3.63, 3.8) is 0 Å². The zero-order valence-electron chi connectivity index (χ0n) is 26.6. The molecule has 7 heteroatoms. The molecule has 0 bridgehead atoms. The van der Waals surface area contributed by atoms with Gasteiger partial charge in [0.2, 0.25) is 0 Å². The van der Waals surface area contributed by atoms with E-state index in [4.69, 9.17) is 5.73 Å². The number of hydrogen-bond acceptors (Lipinski definition) is 6. The van der Waals surface area contributed by atoms with Crippen molar-refractivity contribution in [2.75, 3.05) is 39.3 Å². The SMILES string of the molecule is CC(CCC(=O)O)C1CCC2C3C(CCC12C)C1(C)CCC(NCCCNCCCCNCCCN)CC1C[C@H]3O. The van der Waals surface area contributed by atoms with E-state index in [2.05, 4.69) is 36.7 Å². The van der Waals surface area contributed by atoms with Crippen molar-refractivity contribution in [1.29, 1.82) is 0 Å². The lowest BCUT2D eigenvalue weighted by molar-refractivity contribution is -0.167. The molecule has 41 heavy (non-hydrogen) atoms. The summed E-state index contributed by atoms with van der Waals surface area (Å²) in [6.07, 6.45) is 15.3. The van der Waals surface area contributed by atoms with Crippen LogP contribution >= 0.6 is 0 Å². The Balaban J connectivity index is 1.20. The molecule has 0 radical (unpaired) electrons. The molecule has 0 aromatic rings. The molecule has 238 valence electrons. The smallest absolute Gasteiger partial charge is 0.303 e. The van der Waals surface area contributed by atoms with Gasteiger partial charge >= 0.3 is 5.97 Å². The number of rotatable bonds is 17. The van der Waals surface area contributed by atoms with Gasteiger partial charge in [-0.1, -0.05) is 20.8 Å². The number of carboxylic acid groups (broad SMARTS) is 1. The summed E-state index contributed by atoms with van der Waals surface area (Å²) in [5, 5.41) is 31.9. The Hall–Kier alpha value is -0.730. The molecule has 7 nitrogen and oxygen atoms in total. The lowest BCUT2D eigenvalue weighted by Crippen LogP contribution is -2.59. The number of aliphatic hydroxyl groups excluding tert-OH is 1. The van der Waals surface area contributed by atoms with Crippen LogP contribution in [0.1, 0.15) is 111 Å². The molecule has 4 fully saturated rings. The number of hydrogen-bond donors (Lipinski definition) is 6. The summed E-state index contributed by atoms with van der Waals surface area (Å²) in [5.41, 5.74) is 6.15. The zero-order chi connectivity index (χ0) is 29.5. The summed E-state index contributed by atoms with van der Waals surface area (Å²) >= 11 is 0. The number of aliphatic carboxylic acids is 1. The Kier molecular flexibility index (Phi) is 12.4. The molecule has 4 aliphatic carbocycles. The molecular formula is C34H64N4O3. The van der Waals surface area contributed by atoms with Gasteiger partial charge < -0.3 is 31.9 Å². The highest BCUT2D eigenvalue weighted by molar-refractivity contribution is 5.66. The third kappa shape index (κ3) is 7.87. The molecular weight excluding hydrogens is 512 g/mol. The molecule has 4 saturated carbocycles. The molecule has 4 aliphatic rings. The van der Waals surface area contributed by atoms with Gasteiger partial charge in [-0.2, -0.15) is 0 Å². The van der Waals surface area contributed by atoms with E-state index in [9.17, 15) is 15.0 Å². The van der Waals surface area contributed by atoms with Gasteiger partial charge in [0.15, 0.2) is 0 Å². The molecule has 9 unspecified atom stereocenters. The van der Waals surface area contributed by atoms with E-state index in [0.717, 1.165) is 58.5 Å². The van der Waals surface area contributed by atoms with Gasteiger partial charge in [0.25, 0.3) is 0 Å². The van der Waals surface area contributed by atoms with Crippen molar-refractivity contribution >= 4 is 5.97 Å². The second-order valence-corrected chi connectivity index (χ2v) is 15.1. The maximum absolute atomic E-state index is 11.7. The number of carboxylic acids is 1. The van der Waals surface area contributed by atoms with Gasteiger partial charge in [0, 0.05) is 12.5 Å².